The van der Waals surface area contributed by atoms with Crippen LogP contribution in [0.4, 0.5) is 0 Å². The van der Waals surface area contributed by atoms with E-state index in [-0.39, 0.29) is 29.9 Å². The van der Waals surface area contributed by atoms with Crippen molar-refractivity contribution in [2.45, 2.75) is 62.9 Å². The summed E-state index contributed by atoms with van der Waals surface area (Å²) in [5.41, 5.74) is 1.08. The summed E-state index contributed by atoms with van der Waals surface area (Å²) in [5.74, 6) is 0.0532. The molecule has 2 aliphatic rings. The molecule has 148 valence electrons. The number of nitrogens with zero attached hydrogens (tertiary/aromatic N) is 3. The molecule has 1 saturated carbocycles. The summed E-state index contributed by atoms with van der Waals surface area (Å²) in [7, 11) is 3.71. The van der Waals surface area contributed by atoms with Crippen LogP contribution in [0.2, 0.25) is 0 Å². The van der Waals surface area contributed by atoms with Gasteiger partial charge in [-0.3, -0.25) is 14.4 Å². The zero-order valence-corrected chi connectivity index (χ0v) is 17.0. The number of likely N-dealkylation sites (N-methyl/N-ethyl adjacent to an activating group) is 1. The molecule has 1 aliphatic carbocycles. The first kappa shape index (κ1) is 21.2. The molecule has 6 nitrogen and oxygen atoms in total. The number of halogens is 1. The van der Waals surface area contributed by atoms with E-state index in [2.05, 4.69) is 20.6 Å². The van der Waals surface area contributed by atoms with Gasteiger partial charge < -0.3 is 10.6 Å². The van der Waals surface area contributed by atoms with E-state index in [0.717, 1.165) is 12.1 Å². The van der Waals surface area contributed by atoms with Crippen LogP contribution < -0.4 is 10.6 Å². The van der Waals surface area contributed by atoms with Crippen molar-refractivity contribution in [2.24, 2.45) is 7.05 Å². The third-order valence-corrected chi connectivity index (χ3v) is 6.01. The second-order valence-corrected chi connectivity index (χ2v) is 7.72. The molecule has 1 unspecified atom stereocenters. The summed E-state index contributed by atoms with van der Waals surface area (Å²) in [6.07, 6.45) is 13.9. The van der Waals surface area contributed by atoms with E-state index < -0.39 is 0 Å². The second-order valence-electron chi connectivity index (χ2n) is 7.72. The van der Waals surface area contributed by atoms with E-state index >= 15 is 0 Å². The molecule has 1 atom stereocenters. The normalized spacial score (nSPS) is 21.6. The molecule has 2 fully saturated rings. The lowest BCUT2D eigenvalue weighted by molar-refractivity contribution is -0.124. The van der Waals surface area contributed by atoms with E-state index in [9.17, 15) is 4.79 Å². The zero-order chi connectivity index (χ0) is 17.7. The summed E-state index contributed by atoms with van der Waals surface area (Å²) in [6, 6.07) is -0.337. The van der Waals surface area contributed by atoms with Crippen LogP contribution >= 0.6 is 12.4 Å². The molecule has 0 aromatic carbocycles. The molecule has 1 aromatic rings. The highest BCUT2D eigenvalue weighted by atomic mass is 35.5. The maximum atomic E-state index is 12.8. The van der Waals surface area contributed by atoms with Crippen LogP contribution in [0.25, 0.3) is 0 Å². The van der Waals surface area contributed by atoms with Crippen LogP contribution in [0.1, 0.15) is 63.0 Å². The fourth-order valence-corrected chi connectivity index (χ4v) is 4.58. The summed E-state index contributed by atoms with van der Waals surface area (Å²) in [5, 5.41) is 10.6. The molecule has 2 N–H and O–H groups in total. The van der Waals surface area contributed by atoms with Crippen molar-refractivity contribution in [1.29, 1.82) is 0 Å². The van der Waals surface area contributed by atoms with Gasteiger partial charge in [-0.05, 0) is 45.8 Å². The van der Waals surface area contributed by atoms with Crippen molar-refractivity contribution < 1.29 is 4.79 Å². The molecule has 2 heterocycles. The van der Waals surface area contributed by atoms with Gasteiger partial charge in [0.05, 0.1) is 6.20 Å². The van der Waals surface area contributed by atoms with Gasteiger partial charge in [-0.2, -0.15) is 5.10 Å². The van der Waals surface area contributed by atoms with Crippen LogP contribution in [0.5, 0.6) is 0 Å². The van der Waals surface area contributed by atoms with Gasteiger partial charge in [0.2, 0.25) is 5.91 Å². The lowest BCUT2D eigenvalue weighted by atomic mass is 9.79. The Morgan fingerprint density at radius 1 is 1.19 bits per heavy atom. The summed E-state index contributed by atoms with van der Waals surface area (Å²) >= 11 is 0. The number of hydrogen-bond acceptors (Lipinski definition) is 4. The smallest absolute Gasteiger partial charge is 0.241 e. The van der Waals surface area contributed by atoms with E-state index in [0.29, 0.717) is 0 Å². The number of aryl methyl sites for hydroxylation is 1. The number of aromatic nitrogens is 2. The highest BCUT2D eigenvalue weighted by Gasteiger charge is 2.39. The lowest BCUT2D eigenvalue weighted by Crippen LogP contribution is -2.58. The highest BCUT2D eigenvalue weighted by molar-refractivity contribution is 5.85. The van der Waals surface area contributed by atoms with Crippen LogP contribution in [0, 0.1) is 0 Å². The fourth-order valence-electron chi connectivity index (χ4n) is 4.58. The molecule has 1 amide bonds. The first-order chi connectivity index (χ1) is 12.1. The van der Waals surface area contributed by atoms with E-state index in [1.807, 2.05) is 20.3 Å². The molecular weight excluding hydrogens is 350 g/mol. The van der Waals surface area contributed by atoms with Crippen molar-refractivity contribution in [1.82, 2.24) is 25.3 Å². The predicted octanol–water partition coefficient (Wildman–Crippen LogP) is 2.41. The van der Waals surface area contributed by atoms with Crippen LogP contribution in [-0.4, -0.2) is 52.8 Å². The van der Waals surface area contributed by atoms with Gasteiger partial charge in [-0.1, -0.05) is 25.7 Å². The summed E-state index contributed by atoms with van der Waals surface area (Å²) < 4.78 is 1.74. The maximum absolute atomic E-state index is 12.8. The van der Waals surface area contributed by atoms with Gasteiger partial charge in [0.1, 0.15) is 6.04 Å². The Morgan fingerprint density at radius 2 is 1.85 bits per heavy atom. The molecular formula is C19H34ClN5O. The molecule has 0 bridgehead atoms. The third-order valence-electron chi connectivity index (χ3n) is 6.01. The zero-order valence-electron chi connectivity index (χ0n) is 16.2. The number of hydrogen-bond donors (Lipinski definition) is 2. The number of piperidine rings is 1. The second kappa shape index (κ2) is 9.72. The average molecular weight is 384 g/mol. The SMILES string of the molecule is CNC(C(=O)NCC1(N2CCCCC2)CCCCC1)c1cnn(C)c1.Cl. The molecule has 1 saturated heterocycles. The first-order valence-electron chi connectivity index (χ1n) is 9.83. The largest absolute Gasteiger partial charge is 0.353 e. The number of nitrogens with one attached hydrogen (secondary N) is 2. The Labute approximate surface area is 163 Å². The van der Waals surface area contributed by atoms with Crippen molar-refractivity contribution in [3.8, 4) is 0 Å². The Morgan fingerprint density at radius 3 is 2.42 bits per heavy atom. The van der Waals surface area contributed by atoms with Crippen LogP contribution in [-0.2, 0) is 11.8 Å². The Balaban J connectivity index is 0.00000243. The summed E-state index contributed by atoms with van der Waals surface area (Å²) in [6.45, 7) is 3.14. The van der Waals surface area contributed by atoms with Gasteiger partial charge in [-0.25, -0.2) is 0 Å². The predicted molar refractivity (Wildman–Crippen MR) is 107 cm³/mol. The van der Waals surface area contributed by atoms with E-state index in [1.54, 1.807) is 10.9 Å². The highest BCUT2D eigenvalue weighted by Crippen LogP contribution is 2.35. The minimum absolute atomic E-state index is 0. The first-order valence-corrected chi connectivity index (χ1v) is 9.83. The number of carbonyl (C=O) groups is 1. The minimum Gasteiger partial charge on any atom is -0.353 e. The summed E-state index contributed by atoms with van der Waals surface area (Å²) in [4.78, 5) is 15.5. The van der Waals surface area contributed by atoms with Crippen LogP contribution in [0.15, 0.2) is 12.4 Å². The topological polar surface area (TPSA) is 62.2 Å². The van der Waals surface area contributed by atoms with Crippen molar-refractivity contribution in [3.63, 3.8) is 0 Å². The fraction of sp³-hybridized carbons (Fsp3) is 0.789. The molecule has 1 aliphatic heterocycles. The van der Waals surface area contributed by atoms with E-state index in [1.165, 1.54) is 64.5 Å². The molecule has 26 heavy (non-hydrogen) atoms. The Kier molecular flexibility index (Phi) is 7.92. The maximum Gasteiger partial charge on any atom is 0.241 e. The van der Waals surface area contributed by atoms with Crippen LogP contribution in [0.3, 0.4) is 0 Å². The van der Waals surface area contributed by atoms with E-state index in [4.69, 9.17) is 0 Å². The standard InChI is InChI=1S/C19H33N5O.ClH/c1-20-17(16-13-22-23(2)14-16)18(25)21-15-19(9-5-3-6-10-19)24-11-7-4-8-12-24;/h13-14,17,20H,3-12,15H2,1-2H3,(H,21,25);1H. The molecule has 3 rings (SSSR count). The minimum atomic E-state index is -0.337. The molecule has 0 spiro atoms. The molecule has 0 radical (unpaired) electrons. The number of amides is 1. The van der Waals surface area contributed by atoms with Gasteiger partial charge >= 0.3 is 0 Å². The van der Waals surface area contributed by atoms with Gasteiger partial charge in [0.15, 0.2) is 0 Å². The third kappa shape index (κ3) is 4.78. The van der Waals surface area contributed by atoms with Crippen molar-refractivity contribution in [2.75, 3.05) is 26.7 Å². The van der Waals surface area contributed by atoms with Crippen molar-refractivity contribution >= 4 is 18.3 Å². The number of carbonyl (C=O) groups excluding carboxylic acids is 1. The monoisotopic (exact) mass is 383 g/mol. The number of rotatable bonds is 6. The quantitative estimate of drug-likeness (QED) is 0.791. The molecule has 7 heteroatoms. The van der Waals surface area contributed by atoms with Gasteiger partial charge in [0, 0.05) is 30.9 Å². The van der Waals surface area contributed by atoms with Gasteiger partial charge in [-0.15, -0.1) is 12.4 Å². The molecule has 1 aromatic heterocycles. The lowest BCUT2D eigenvalue weighted by Gasteiger charge is -2.48. The van der Waals surface area contributed by atoms with Crippen molar-refractivity contribution in [3.05, 3.63) is 18.0 Å². The Bertz CT molecular complexity index is 564. The Hall–Kier alpha value is -1.11. The van der Waals surface area contributed by atoms with Gasteiger partial charge in [0.25, 0.3) is 0 Å². The average Bonchev–Trinajstić information content (AvgIpc) is 3.08. The number of likely N-dealkylation sites (tertiary alicyclic amines) is 1.